The van der Waals surface area contributed by atoms with Crippen LogP contribution in [0.15, 0.2) is 47.4 Å². The topological polar surface area (TPSA) is 70.2 Å². The van der Waals surface area contributed by atoms with Gasteiger partial charge in [-0.3, -0.25) is 4.79 Å². The number of piperazine rings is 1. The van der Waals surface area contributed by atoms with Crippen LogP contribution in [-0.2, 0) is 10.0 Å². The van der Waals surface area contributed by atoms with E-state index in [0.717, 1.165) is 42.9 Å². The molecular formula is C23H29N3O4S. The SMILES string of the molecule is COc1ccccc1N1CCN(S(=O)(=O)c2ccc(C)c(C(=O)N3CCCC3)c2)CC1. The Bertz CT molecular complexity index is 1060. The summed E-state index contributed by atoms with van der Waals surface area (Å²) in [4.78, 5) is 17.0. The number of amides is 1. The molecule has 2 aliphatic heterocycles. The number of benzene rings is 2. The average Bonchev–Trinajstić information content (AvgIpc) is 3.34. The van der Waals surface area contributed by atoms with Crippen LogP contribution in [0, 0.1) is 6.92 Å². The first-order valence-corrected chi connectivity index (χ1v) is 12.1. The zero-order chi connectivity index (χ0) is 22.0. The van der Waals surface area contributed by atoms with Crippen molar-refractivity contribution >= 4 is 21.6 Å². The predicted octanol–water partition coefficient (Wildman–Crippen LogP) is 2.75. The summed E-state index contributed by atoms with van der Waals surface area (Å²) in [6.45, 7) is 5.23. The molecule has 1 amide bonds. The molecule has 2 aliphatic rings. The molecule has 4 rings (SSSR count). The van der Waals surface area contributed by atoms with Gasteiger partial charge in [-0.1, -0.05) is 18.2 Å². The number of hydrogen-bond donors (Lipinski definition) is 0. The van der Waals surface area contributed by atoms with Crippen LogP contribution >= 0.6 is 0 Å². The minimum absolute atomic E-state index is 0.0759. The molecule has 2 saturated heterocycles. The Hall–Kier alpha value is -2.58. The van der Waals surface area contributed by atoms with Gasteiger partial charge in [-0.15, -0.1) is 0 Å². The molecule has 31 heavy (non-hydrogen) atoms. The third-order valence-electron chi connectivity index (χ3n) is 6.13. The number of rotatable bonds is 5. The molecule has 2 aromatic carbocycles. The van der Waals surface area contributed by atoms with E-state index in [1.165, 1.54) is 4.31 Å². The molecule has 7 nitrogen and oxygen atoms in total. The second kappa shape index (κ2) is 8.88. The first-order valence-electron chi connectivity index (χ1n) is 10.7. The van der Waals surface area contributed by atoms with Crippen molar-refractivity contribution in [1.29, 1.82) is 0 Å². The molecule has 0 bridgehead atoms. The summed E-state index contributed by atoms with van der Waals surface area (Å²) < 4.78 is 33.6. The van der Waals surface area contributed by atoms with Crippen LogP contribution in [0.1, 0.15) is 28.8 Å². The minimum atomic E-state index is -3.67. The molecule has 0 spiro atoms. The third-order valence-corrected chi connectivity index (χ3v) is 8.03. The maximum absolute atomic E-state index is 13.3. The van der Waals surface area contributed by atoms with Crippen molar-refractivity contribution in [2.75, 3.05) is 51.3 Å². The maximum Gasteiger partial charge on any atom is 0.254 e. The van der Waals surface area contributed by atoms with Crippen LogP contribution in [0.4, 0.5) is 5.69 Å². The summed E-state index contributed by atoms with van der Waals surface area (Å²) >= 11 is 0. The third kappa shape index (κ3) is 4.27. The van der Waals surface area contributed by atoms with E-state index in [1.807, 2.05) is 36.1 Å². The highest BCUT2D eigenvalue weighted by Crippen LogP contribution is 2.30. The van der Waals surface area contributed by atoms with Crippen molar-refractivity contribution in [3.8, 4) is 5.75 Å². The summed E-state index contributed by atoms with van der Waals surface area (Å²) in [6, 6.07) is 12.7. The Morgan fingerprint density at radius 2 is 1.61 bits per heavy atom. The second-order valence-electron chi connectivity index (χ2n) is 8.04. The standard InChI is InChI=1S/C23H29N3O4S/c1-18-9-10-19(17-20(18)23(27)25-11-5-6-12-25)31(28,29)26-15-13-24(14-16-26)21-7-3-4-8-22(21)30-2/h3-4,7-10,17H,5-6,11-16H2,1-2H3. The van der Waals surface area contributed by atoms with Gasteiger partial charge in [0.25, 0.3) is 5.91 Å². The predicted molar refractivity (Wildman–Crippen MR) is 120 cm³/mol. The van der Waals surface area contributed by atoms with Gasteiger partial charge in [-0.05, 0) is 49.6 Å². The first-order chi connectivity index (χ1) is 14.9. The number of sulfonamides is 1. The number of anilines is 1. The molecule has 0 unspecified atom stereocenters. The normalized spacial score (nSPS) is 17.7. The summed E-state index contributed by atoms with van der Waals surface area (Å²) in [5.74, 6) is 0.704. The van der Waals surface area contributed by atoms with Crippen LogP contribution in [0.2, 0.25) is 0 Å². The lowest BCUT2D eigenvalue weighted by atomic mass is 10.1. The number of aryl methyl sites for hydroxylation is 1. The van der Waals surface area contributed by atoms with E-state index in [9.17, 15) is 13.2 Å². The summed E-state index contributed by atoms with van der Waals surface area (Å²) in [6.07, 6.45) is 2.00. The Morgan fingerprint density at radius 1 is 0.935 bits per heavy atom. The van der Waals surface area contributed by atoms with E-state index in [1.54, 1.807) is 25.3 Å². The first kappa shape index (κ1) is 21.6. The highest BCUT2D eigenvalue weighted by molar-refractivity contribution is 7.89. The van der Waals surface area contributed by atoms with Gasteiger partial charge >= 0.3 is 0 Å². The van der Waals surface area contributed by atoms with Crippen molar-refractivity contribution in [3.05, 3.63) is 53.6 Å². The number of likely N-dealkylation sites (tertiary alicyclic amines) is 1. The molecule has 0 N–H and O–H groups in total. The number of methoxy groups -OCH3 is 1. The van der Waals surface area contributed by atoms with Gasteiger partial charge in [0.15, 0.2) is 0 Å². The van der Waals surface area contributed by atoms with E-state index in [0.29, 0.717) is 31.7 Å². The molecule has 0 saturated carbocycles. The zero-order valence-corrected chi connectivity index (χ0v) is 18.9. The second-order valence-corrected chi connectivity index (χ2v) is 9.98. The number of carbonyl (C=O) groups is 1. The molecule has 0 aliphatic carbocycles. The smallest absolute Gasteiger partial charge is 0.254 e. The van der Waals surface area contributed by atoms with E-state index in [2.05, 4.69) is 4.90 Å². The molecular weight excluding hydrogens is 414 g/mol. The lowest BCUT2D eigenvalue weighted by Gasteiger charge is -2.36. The summed E-state index contributed by atoms with van der Waals surface area (Å²) in [5, 5.41) is 0. The Morgan fingerprint density at radius 3 is 2.29 bits per heavy atom. The molecule has 0 aromatic heterocycles. The van der Waals surface area contributed by atoms with Crippen molar-refractivity contribution in [3.63, 3.8) is 0 Å². The molecule has 2 aromatic rings. The van der Waals surface area contributed by atoms with Crippen molar-refractivity contribution in [2.45, 2.75) is 24.7 Å². The van der Waals surface area contributed by atoms with Gasteiger partial charge in [0, 0.05) is 44.8 Å². The molecule has 2 heterocycles. The lowest BCUT2D eigenvalue weighted by Crippen LogP contribution is -2.48. The Kier molecular flexibility index (Phi) is 6.20. The quantitative estimate of drug-likeness (QED) is 0.711. The van der Waals surface area contributed by atoms with E-state index in [4.69, 9.17) is 4.74 Å². The average molecular weight is 444 g/mol. The minimum Gasteiger partial charge on any atom is -0.495 e. The van der Waals surface area contributed by atoms with Gasteiger partial charge in [0.05, 0.1) is 17.7 Å². The molecule has 166 valence electrons. The fraction of sp³-hybridized carbons (Fsp3) is 0.435. The van der Waals surface area contributed by atoms with Crippen molar-refractivity contribution in [1.82, 2.24) is 9.21 Å². The summed E-state index contributed by atoms with van der Waals surface area (Å²) in [7, 11) is -2.04. The van der Waals surface area contributed by atoms with Gasteiger partial charge < -0.3 is 14.5 Å². The van der Waals surface area contributed by atoms with Crippen molar-refractivity contribution in [2.24, 2.45) is 0 Å². The summed E-state index contributed by atoms with van der Waals surface area (Å²) in [5.41, 5.74) is 2.25. The van der Waals surface area contributed by atoms with E-state index in [-0.39, 0.29) is 10.8 Å². The van der Waals surface area contributed by atoms with Crippen molar-refractivity contribution < 1.29 is 17.9 Å². The van der Waals surface area contributed by atoms with Crippen LogP contribution in [0.3, 0.4) is 0 Å². The van der Waals surface area contributed by atoms with Gasteiger partial charge in [0.1, 0.15) is 5.75 Å². The van der Waals surface area contributed by atoms with Gasteiger partial charge in [-0.2, -0.15) is 4.31 Å². The fourth-order valence-corrected chi connectivity index (χ4v) is 5.74. The maximum atomic E-state index is 13.3. The number of carbonyl (C=O) groups excluding carboxylic acids is 1. The number of hydrogen-bond acceptors (Lipinski definition) is 5. The molecule has 0 radical (unpaired) electrons. The number of ether oxygens (including phenoxy) is 1. The largest absolute Gasteiger partial charge is 0.495 e. The van der Waals surface area contributed by atoms with Crippen LogP contribution in [0.25, 0.3) is 0 Å². The molecule has 8 heteroatoms. The lowest BCUT2D eigenvalue weighted by molar-refractivity contribution is 0.0792. The van der Waals surface area contributed by atoms with Crippen LogP contribution in [-0.4, -0.2) is 69.9 Å². The number of para-hydroxylation sites is 2. The monoisotopic (exact) mass is 443 g/mol. The van der Waals surface area contributed by atoms with Gasteiger partial charge in [0.2, 0.25) is 10.0 Å². The molecule has 0 atom stereocenters. The fourth-order valence-electron chi connectivity index (χ4n) is 4.29. The Balaban J connectivity index is 1.52. The van der Waals surface area contributed by atoms with Gasteiger partial charge in [-0.25, -0.2) is 8.42 Å². The van der Waals surface area contributed by atoms with E-state index < -0.39 is 10.0 Å². The number of nitrogens with zero attached hydrogens (tertiary/aromatic N) is 3. The highest BCUT2D eigenvalue weighted by Gasteiger charge is 2.31. The van der Waals surface area contributed by atoms with E-state index >= 15 is 0 Å². The zero-order valence-electron chi connectivity index (χ0n) is 18.1. The van der Waals surface area contributed by atoms with Crippen LogP contribution < -0.4 is 9.64 Å². The van der Waals surface area contributed by atoms with Crippen LogP contribution in [0.5, 0.6) is 5.75 Å². The highest BCUT2D eigenvalue weighted by atomic mass is 32.2. The Labute approximate surface area is 184 Å². The molecule has 2 fully saturated rings.